The van der Waals surface area contributed by atoms with Crippen LogP contribution in [0, 0.1) is 11.3 Å². The van der Waals surface area contributed by atoms with Crippen LogP contribution < -0.4 is 16.2 Å². The largest absolute Gasteiger partial charge is 0.573 e. The van der Waals surface area contributed by atoms with Gasteiger partial charge < -0.3 is 16.2 Å². The van der Waals surface area contributed by atoms with E-state index in [1.54, 1.807) is 6.07 Å². The third kappa shape index (κ3) is 2.52. The summed E-state index contributed by atoms with van der Waals surface area (Å²) >= 11 is 0. The number of hydrogen-bond acceptors (Lipinski definition) is 5. The van der Waals surface area contributed by atoms with Gasteiger partial charge in [0.15, 0.2) is 11.6 Å². The summed E-state index contributed by atoms with van der Waals surface area (Å²) in [6, 6.07) is 1.65. The Balaban J connectivity index is 3.30. The summed E-state index contributed by atoms with van der Waals surface area (Å²) in [6.07, 6.45) is -3.87. The van der Waals surface area contributed by atoms with Gasteiger partial charge in [-0.05, 0) is 0 Å². The second-order valence-electron chi connectivity index (χ2n) is 2.73. The maximum absolute atomic E-state index is 12.0. The second-order valence-corrected chi connectivity index (χ2v) is 2.73. The highest BCUT2D eigenvalue weighted by Crippen LogP contribution is 2.32. The highest BCUT2D eigenvalue weighted by molar-refractivity contribution is 5.56. The van der Waals surface area contributed by atoms with Crippen LogP contribution in [0.1, 0.15) is 11.1 Å². The molecule has 0 unspecified atom stereocenters. The van der Waals surface area contributed by atoms with E-state index in [9.17, 15) is 13.2 Å². The second kappa shape index (κ2) is 4.24. The molecule has 0 saturated heterocycles. The molecule has 4 N–H and O–H groups in total. The molecule has 0 aromatic carbocycles. The molecule has 16 heavy (non-hydrogen) atoms. The van der Waals surface area contributed by atoms with E-state index in [2.05, 4.69) is 9.72 Å². The third-order valence-electron chi connectivity index (χ3n) is 1.71. The molecule has 0 aliphatic carbocycles. The van der Waals surface area contributed by atoms with Crippen molar-refractivity contribution in [3.8, 4) is 11.8 Å². The maximum atomic E-state index is 12.0. The number of nitrogens with zero attached hydrogens (tertiary/aromatic N) is 2. The normalized spacial score (nSPS) is 10.9. The minimum Gasteiger partial charge on any atom is -0.401 e. The Hall–Kier alpha value is -2.01. The van der Waals surface area contributed by atoms with Crippen LogP contribution in [0.2, 0.25) is 0 Å². The van der Waals surface area contributed by atoms with Crippen molar-refractivity contribution in [2.75, 3.05) is 5.73 Å². The zero-order chi connectivity index (χ0) is 12.3. The molecule has 0 aliphatic rings. The van der Waals surface area contributed by atoms with E-state index in [0.717, 1.165) is 6.20 Å². The van der Waals surface area contributed by atoms with Crippen molar-refractivity contribution >= 4 is 5.82 Å². The first kappa shape index (κ1) is 12.1. The van der Waals surface area contributed by atoms with Crippen molar-refractivity contribution in [2.45, 2.75) is 12.9 Å². The molecule has 1 aromatic heterocycles. The molecule has 0 spiro atoms. The number of halogens is 3. The van der Waals surface area contributed by atoms with Gasteiger partial charge in [0.25, 0.3) is 0 Å². The zero-order valence-electron chi connectivity index (χ0n) is 7.88. The molecule has 86 valence electrons. The number of rotatable bonds is 2. The summed E-state index contributed by atoms with van der Waals surface area (Å²) in [4.78, 5) is 3.42. The van der Waals surface area contributed by atoms with E-state index < -0.39 is 17.9 Å². The minimum absolute atomic E-state index is 0.101. The van der Waals surface area contributed by atoms with Crippen LogP contribution in [-0.4, -0.2) is 11.3 Å². The van der Waals surface area contributed by atoms with Crippen molar-refractivity contribution < 1.29 is 17.9 Å². The van der Waals surface area contributed by atoms with Crippen molar-refractivity contribution in [1.29, 1.82) is 5.26 Å². The highest BCUT2D eigenvalue weighted by Gasteiger charge is 2.33. The smallest absolute Gasteiger partial charge is 0.401 e. The molecule has 0 atom stereocenters. The molecule has 5 nitrogen and oxygen atoms in total. The van der Waals surface area contributed by atoms with E-state index in [1.807, 2.05) is 0 Å². The summed E-state index contributed by atoms with van der Waals surface area (Å²) in [7, 11) is 0. The maximum Gasteiger partial charge on any atom is 0.573 e. The van der Waals surface area contributed by atoms with Gasteiger partial charge in [-0.2, -0.15) is 5.26 Å². The predicted molar refractivity (Wildman–Crippen MR) is 47.9 cm³/mol. The molecular formula is C8H7F3N4O. The quantitative estimate of drug-likeness (QED) is 0.789. The predicted octanol–water partition coefficient (Wildman–Crippen LogP) is 0.893. The first-order valence-corrected chi connectivity index (χ1v) is 4.02. The Labute approximate surface area is 88.4 Å². The van der Waals surface area contributed by atoms with Crippen LogP contribution in [0.5, 0.6) is 5.75 Å². The van der Waals surface area contributed by atoms with Gasteiger partial charge in [0, 0.05) is 18.3 Å². The highest BCUT2D eigenvalue weighted by atomic mass is 19.4. The summed E-state index contributed by atoms with van der Waals surface area (Å²) in [5, 5.41) is 8.64. The number of nitriles is 1. The Bertz CT molecular complexity index is 438. The number of nitrogens with two attached hydrogens (primary N) is 2. The molecule has 1 heterocycles. The standard InChI is InChI=1S/C8H7F3N4O/c9-8(10,11)16-6-5(2-13)4(1-12)3-15-7(6)14/h3H,2,13H2,(H2,14,15). The van der Waals surface area contributed by atoms with Gasteiger partial charge in [0.1, 0.15) is 6.07 Å². The van der Waals surface area contributed by atoms with E-state index in [0.29, 0.717) is 0 Å². The number of alkyl halides is 3. The molecule has 0 saturated carbocycles. The van der Waals surface area contributed by atoms with Crippen molar-refractivity contribution in [3.05, 3.63) is 17.3 Å². The van der Waals surface area contributed by atoms with Gasteiger partial charge in [-0.1, -0.05) is 0 Å². The lowest BCUT2D eigenvalue weighted by Crippen LogP contribution is -2.20. The number of hydrogen-bond donors (Lipinski definition) is 2. The molecule has 1 rings (SSSR count). The lowest BCUT2D eigenvalue weighted by molar-refractivity contribution is -0.274. The third-order valence-corrected chi connectivity index (χ3v) is 1.71. The van der Waals surface area contributed by atoms with Gasteiger partial charge in [0.05, 0.1) is 5.56 Å². The first-order chi connectivity index (χ1) is 7.39. The van der Waals surface area contributed by atoms with E-state index in [4.69, 9.17) is 16.7 Å². The lowest BCUT2D eigenvalue weighted by Gasteiger charge is -2.14. The molecule has 0 amide bonds. The van der Waals surface area contributed by atoms with Crippen molar-refractivity contribution in [2.24, 2.45) is 5.73 Å². The molecule has 1 aromatic rings. The molecule has 0 fully saturated rings. The molecule has 0 aliphatic heterocycles. The van der Waals surface area contributed by atoms with Crippen LogP contribution in [0.15, 0.2) is 6.20 Å². The Morgan fingerprint density at radius 1 is 1.50 bits per heavy atom. The molecule has 0 radical (unpaired) electrons. The SMILES string of the molecule is N#Cc1cnc(N)c(OC(F)(F)F)c1CN. The van der Waals surface area contributed by atoms with Crippen molar-refractivity contribution in [3.63, 3.8) is 0 Å². The fourth-order valence-corrected chi connectivity index (χ4v) is 1.08. The van der Waals surface area contributed by atoms with Crippen LogP contribution in [0.25, 0.3) is 0 Å². The minimum atomic E-state index is -4.91. The van der Waals surface area contributed by atoms with Crippen molar-refractivity contribution in [1.82, 2.24) is 4.98 Å². The Morgan fingerprint density at radius 2 is 2.12 bits per heavy atom. The fourth-order valence-electron chi connectivity index (χ4n) is 1.08. The monoisotopic (exact) mass is 232 g/mol. The molecule has 0 bridgehead atoms. The van der Waals surface area contributed by atoms with Crippen LogP contribution in [0.3, 0.4) is 0 Å². The zero-order valence-corrected chi connectivity index (χ0v) is 7.88. The van der Waals surface area contributed by atoms with Crippen LogP contribution in [-0.2, 0) is 6.54 Å². The van der Waals surface area contributed by atoms with Crippen LogP contribution >= 0.6 is 0 Å². The number of ether oxygens (including phenoxy) is 1. The van der Waals surface area contributed by atoms with Crippen LogP contribution in [0.4, 0.5) is 19.0 Å². The van der Waals surface area contributed by atoms with Gasteiger partial charge in [-0.25, -0.2) is 4.98 Å². The summed E-state index contributed by atoms with van der Waals surface area (Å²) in [5.41, 5.74) is 10.2. The Kier molecular flexibility index (Phi) is 3.20. The fraction of sp³-hybridized carbons (Fsp3) is 0.250. The lowest BCUT2D eigenvalue weighted by atomic mass is 10.1. The number of pyridine rings is 1. The molecule has 8 heteroatoms. The topological polar surface area (TPSA) is 98.0 Å². The van der Waals surface area contributed by atoms with Gasteiger partial charge >= 0.3 is 6.36 Å². The average molecular weight is 232 g/mol. The average Bonchev–Trinajstić information content (AvgIpc) is 2.19. The number of aromatic nitrogens is 1. The Morgan fingerprint density at radius 3 is 2.56 bits per heavy atom. The summed E-state index contributed by atoms with van der Waals surface area (Å²) in [5.74, 6) is -1.18. The van der Waals surface area contributed by atoms with Gasteiger partial charge in [-0.15, -0.1) is 13.2 Å². The number of anilines is 1. The summed E-state index contributed by atoms with van der Waals surface area (Å²) < 4.78 is 39.8. The van der Waals surface area contributed by atoms with Gasteiger partial charge in [-0.3, -0.25) is 0 Å². The van der Waals surface area contributed by atoms with E-state index in [1.165, 1.54) is 0 Å². The van der Waals surface area contributed by atoms with Gasteiger partial charge in [0.2, 0.25) is 0 Å². The van der Waals surface area contributed by atoms with E-state index in [-0.39, 0.29) is 17.7 Å². The molecular weight excluding hydrogens is 225 g/mol. The first-order valence-electron chi connectivity index (χ1n) is 4.02. The van der Waals surface area contributed by atoms with E-state index >= 15 is 0 Å². The summed E-state index contributed by atoms with van der Waals surface area (Å²) in [6.45, 7) is -0.305. The number of nitrogen functional groups attached to an aromatic ring is 1.